The van der Waals surface area contributed by atoms with Crippen LogP contribution in [0, 0.1) is 0 Å². The van der Waals surface area contributed by atoms with Gasteiger partial charge in [0, 0.05) is 23.4 Å². The van der Waals surface area contributed by atoms with Gasteiger partial charge in [-0.05, 0) is 24.3 Å². The fourth-order valence-corrected chi connectivity index (χ4v) is 2.39. The molecule has 0 saturated heterocycles. The van der Waals surface area contributed by atoms with Crippen LogP contribution in [0.15, 0.2) is 59.1 Å². The van der Waals surface area contributed by atoms with Crippen molar-refractivity contribution in [1.82, 2.24) is 15.5 Å². The van der Waals surface area contributed by atoms with E-state index in [4.69, 9.17) is 20.9 Å². The number of nitrogens with zero attached hydrogens (tertiary/aromatic N) is 2. The number of hydrogen-bond acceptors (Lipinski definition) is 5. The molecule has 7 heteroatoms. The standard InChI is InChI=1S/C19H18ClN3O3/c20-15-6-8-16(9-7-15)25-13-12-21-17(24)10-11-18-22-19(23-26-18)14-4-2-1-3-5-14/h1-9H,10-13H2,(H,21,24). The summed E-state index contributed by atoms with van der Waals surface area (Å²) < 4.78 is 10.7. The highest BCUT2D eigenvalue weighted by molar-refractivity contribution is 6.30. The summed E-state index contributed by atoms with van der Waals surface area (Å²) in [5, 5.41) is 7.38. The molecule has 2 aromatic carbocycles. The summed E-state index contributed by atoms with van der Waals surface area (Å²) in [7, 11) is 0. The molecule has 0 aliphatic carbocycles. The van der Waals surface area contributed by atoms with Crippen LogP contribution >= 0.6 is 11.6 Å². The number of rotatable bonds is 8. The molecule has 0 aliphatic rings. The van der Waals surface area contributed by atoms with E-state index in [1.54, 1.807) is 24.3 Å². The summed E-state index contributed by atoms with van der Waals surface area (Å²) in [6.45, 7) is 0.798. The maximum absolute atomic E-state index is 11.9. The first-order chi connectivity index (χ1) is 12.7. The average Bonchev–Trinajstić information content (AvgIpc) is 3.15. The second-order valence-corrected chi connectivity index (χ2v) is 5.97. The van der Waals surface area contributed by atoms with Gasteiger partial charge in [-0.1, -0.05) is 47.1 Å². The molecule has 3 aromatic rings. The molecule has 0 unspecified atom stereocenters. The van der Waals surface area contributed by atoms with Gasteiger partial charge in [0.25, 0.3) is 0 Å². The van der Waals surface area contributed by atoms with E-state index in [0.29, 0.717) is 42.1 Å². The van der Waals surface area contributed by atoms with E-state index in [9.17, 15) is 4.79 Å². The van der Waals surface area contributed by atoms with Gasteiger partial charge < -0.3 is 14.6 Å². The Labute approximate surface area is 156 Å². The molecule has 0 atom stereocenters. The van der Waals surface area contributed by atoms with E-state index in [0.717, 1.165) is 5.56 Å². The molecule has 1 aromatic heterocycles. The third-order valence-electron chi connectivity index (χ3n) is 3.57. The molecular formula is C19H18ClN3O3. The van der Waals surface area contributed by atoms with Crippen LogP contribution in [0.5, 0.6) is 5.75 Å². The van der Waals surface area contributed by atoms with Gasteiger partial charge in [-0.25, -0.2) is 0 Å². The Bertz CT molecular complexity index is 835. The smallest absolute Gasteiger partial charge is 0.227 e. The monoisotopic (exact) mass is 371 g/mol. The van der Waals surface area contributed by atoms with Gasteiger partial charge in [0.05, 0.1) is 6.54 Å². The van der Waals surface area contributed by atoms with Crippen molar-refractivity contribution >= 4 is 17.5 Å². The van der Waals surface area contributed by atoms with Crippen molar-refractivity contribution < 1.29 is 14.1 Å². The van der Waals surface area contributed by atoms with Gasteiger partial charge in [0.1, 0.15) is 12.4 Å². The first-order valence-corrected chi connectivity index (χ1v) is 8.61. The number of hydrogen-bond donors (Lipinski definition) is 1. The normalized spacial score (nSPS) is 10.5. The lowest BCUT2D eigenvalue weighted by Gasteiger charge is -2.07. The van der Waals surface area contributed by atoms with E-state index in [1.807, 2.05) is 30.3 Å². The van der Waals surface area contributed by atoms with Gasteiger partial charge >= 0.3 is 0 Å². The summed E-state index contributed by atoms with van der Waals surface area (Å²) in [5.41, 5.74) is 0.881. The second-order valence-electron chi connectivity index (χ2n) is 5.53. The average molecular weight is 372 g/mol. The first-order valence-electron chi connectivity index (χ1n) is 8.24. The van der Waals surface area contributed by atoms with Gasteiger partial charge in [0.15, 0.2) is 0 Å². The van der Waals surface area contributed by atoms with Crippen molar-refractivity contribution in [2.75, 3.05) is 13.2 Å². The minimum atomic E-state index is -0.0934. The Hall–Kier alpha value is -2.86. The Morgan fingerprint density at radius 3 is 2.65 bits per heavy atom. The fraction of sp³-hybridized carbons (Fsp3) is 0.211. The second kappa shape index (κ2) is 9.01. The maximum Gasteiger partial charge on any atom is 0.227 e. The molecule has 0 radical (unpaired) electrons. The predicted octanol–water partition coefficient (Wildman–Crippen LogP) is 3.52. The summed E-state index contributed by atoms with van der Waals surface area (Å²) in [6, 6.07) is 16.6. The first kappa shape index (κ1) is 17.9. The highest BCUT2D eigenvalue weighted by Gasteiger charge is 2.10. The largest absolute Gasteiger partial charge is 0.492 e. The summed E-state index contributed by atoms with van der Waals surface area (Å²) >= 11 is 5.81. The highest BCUT2D eigenvalue weighted by Crippen LogP contribution is 2.16. The van der Waals surface area contributed by atoms with Crippen LogP contribution in [0.25, 0.3) is 11.4 Å². The van der Waals surface area contributed by atoms with E-state index < -0.39 is 0 Å². The maximum atomic E-state index is 11.9. The predicted molar refractivity (Wildman–Crippen MR) is 98.0 cm³/mol. The molecule has 0 spiro atoms. The number of aromatic nitrogens is 2. The quantitative estimate of drug-likeness (QED) is 0.613. The van der Waals surface area contributed by atoms with Crippen LogP contribution in [0.2, 0.25) is 5.02 Å². The lowest BCUT2D eigenvalue weighted by atomic mass is 10.2. The topological polar surface area (TPSA) is 77.2 Å². The number of amides is 1. The Morgan fingerprint density at radius 1 is 1.12 bits per heavy atom. The van der Waals surface area contributed by atoms with Crippen molar-refractivity contribution in [2.45, 2.75) is 12.8 Å². The van der Waals surface area contributed by atoms with Crippen molar-refractivity contribution in [1.29, 1.82) is 0 Å². The number of aryl methyl sites for hydroxylation is 1. The zero-order valence-corrected chi connectivity index (χ0v) is 14.8. The summed E-state index contributed by atoms with van der Waals surface area (Å²) in [5.74, 6) is 1.58. The molecule has 6 nitrogen and oxygen atoms in total. The lowest BCUT2D eigenvalue weighted by molar-refractivity contribution is -0.121. The molecular weight excluding hydrogens is 354 g/mol. The van der Waals surface area contributed by atoms with Crippen LogP contribution in [0.1, 0.15) is 12.3 Å². The van der Waals surface area contributed by atoms with Crippen LogP contribution in [-0.2, 0) is 11.2 Å². The zero-order chi connectivity index (χ0) is 18.2. The Morgan fingerprint density at radius 2 is 1.88 bits per heavy atom. The molecule has 0 saturated carbocycles. The fourth-order valence-electron chi connectivity index (χ4n) is 2.26. The van der Waals surface area contributed by atoms with Gasteiger partial charge in [-0.2, -0.15) is 4.98 Å². The van der Waals surface area contributed by atoms with Gasteiger partial charge in [-0.3, -0.25) is 4.79 Å². The molecule has 3 rings (SSSR count). The number of nitrogens with one attached hydrogen (secondary N) is 1. The zero-order valence-electron chi connectivity index (χ0n) is 14.0. The molecule has 0 fully saturated rings. The number of ether oxygens (including phenoxy) is 1. The number of carbonyl (C=O) groups excluding carboxylic acids is 1. The van der Waals surface area contributed by atoms with Crippen molar-refractivity contribution in [3.63, 3.8) is 0 Å². The Kier molecular flexibility index (Phi) is 6.22. The van der Waals surface area contributed by atoms with Gasteiger partial charge in [-0.15, -0.1) is 0 Å². The molecule has 1 heterocycles. The molecule has 1 N–H and O–H groups in total. The summed E-state index contributed by atoms with van der Waals surface area (Å²) in [6.07, 6.45) is 0.668. The molecule has 0 aliphatic heterocycles. The highest BCUT2D eigenvalue weighted by atomic mass is 35.5. The van der Waals surface area contributed by atoms with Crippen LogP contribution in [-0.4, -0.2) is 29.2 Å². The van der Waals surface area contributed by atoms with Crippen molar-refractivity contribution in [3.05, 3.63) is 65.5 Å². The number of halogens is 1. The molecule has 1 amide bonds. The Balaban J connectivity index is 1.36. The van der Waals surface area contributed by atoms with Crippen molar-refractivity contribution in [3.8, 4) is 17.1 Å². The van der Waals surface area contributed by atoms with Crippen LogP contribution in [0.4, 0.5) is 0 Å². The number of carbonyl (C=O) groups is 1. The van der Waals surface area contributed by atoms with E-state index in [1.165, 1.54) is 0 Å². The third-order valence-corrected chi connectivity index (χ3v) is 3.82. The molecule has 26 heavy (non-hydrogen) atoms. The van der Waals surface area contributed by atoms with E-state index in [-0.39, 0.29) is 12.3 Å². The van der Waals surface area contributed by atoms with Gasteiger partial charge in [0.2, 0.25) is 17.6 Å². The summed E-state index contributed by atoms with van der Waals surface area (Å²) in [4.78, 5) is 16.2. The van der Waals surface area contributed by atoms with E-state index in [2.05, 4.69) is 15.5 Å². The molecule has 0 bridgehead atoms. The van der Waals surface area contributed by atoms with Crippen molar-refractivity contribution in [2.24, 2.45) is 0 Å². The van der Waals surface area contributed by atoms with Crippen LogP contribution in [0.3, 0.4) is 0 Å². The number of benzene rings is 2. The minimum Gasteiger partial charge on any atom is -0.492 e. The molecule has 134 valence electrons. The van der Waals surface area contributed by atoms with E-state index >= 15 is 0 Å². The minimum absolute atomic E-state index is 0.0934. The SMILES string of the molecule is O=C(CCc1nc(-c2ccccc2)no1)NCCOc1ccc(Cl)cc1. The van der Waals surface area contributed by atoms with Crippen LogP contribution < -0.4 is 10.1 Å². The lowest BCUT2D eigenvalue weighted by Crippen LogP contribution is -2.28. The third kappa shape index (κ3) is 5.32.